The first-order chi connectivity index (χ1) is 13.1. The fourth-order valence-electron chi connectivity index (χ4n) is 3.17. The largest absolute Gasteiger partial charge is 0.493 e. The molecule has 6 nitrogen and oxygen atoms in total. The summed E-state index contributed by atoms with van der Waals surface area (Å²) in [7, 11) is 3.24. The highest BCUT2D eigenvalue weighted by atomic mass is 16.5. The van der Waals surface area contributed by atoms with Gasteiger partial charge in [0.05, 0.1) is 31.3 Å². The van der Waals surface area contributed by atoms with E-state index in [0.29, 0.717) is 11.5 Å². The maximum Gasteiger partial charge on any atom is 0.161 e. The number of aryl methyl sites for hydroxylation is 1. The first-order valence-electron chi connectivity index (χ1n) is 8.55. The van der Waals surface area contributed by atoms with E-state index in [1.807, 2.05) is 66.0 Å². The fourth-order valence-corrected chi connectivity index (χ4v) is 3.17. The quantitative estimate of drug-likeness (QED) is 0.557. The van der Waals surface area contributed by atoms with Crippen LogP contribution in [0.3, 0.4) is 0 Å². The van der Waals surface area contributed by atoms with Gasteiger partial charge >= 0.3 is 0 Å². The molecule has 0 saturated carbocycles. The number of nitrogens with two attached hydrogens (primary N) is 1. The molecule has 0 aliphatic rings. The van der Waals surface area contributed by atoms with E-state index in [9.17, 15) is 0 Å². The molecule has 0 bridgehead atoms. The molecule has 0 unspecified atom stereocenters. The van der Waals surface area contributed by atoms with Crippen molar-refractivity contribution < 1.29 is 9.47 Å². The minimum Gasteiger partial charge on any atom is -0.493 e. The Morgan fingerprint density at radius 3 is 2.26 bits per heavy atom. The number of hydrogen-bond donors (Lipinski definition) is 1. The number of ether oxygens (including phenoxy) is 2. The second-order valence-corrected chi connectivity index (χ2v) is 6.23. The third kappa shape index (κ3) is 2.95. The van der Waals surface area contributed by atoms with Gasteiger partial charge in [-0.15, -0.1) is 0 Å². The van der Waals surface area contributed by atoms with Crippen LogP contribution in [0.25, 0.3) is 28.2 Å². The molecule has 0 saturated heterocycles. The molecule has 0 spiro atoms. The number of fused-ring (bicyclic) bond motifs is 1. The van der Waals surface area contributed by atoms with Crippen molar-refractivity contribution in [3.05, 3.63) is 60.3 Å². The van der Waals surface area contributed by atoms with Crippen molar-refractivity contribution in [3.63, 3.8) is 0 Å². The zero-order chi connectivity index (χ0) is 19.0. The Bertz CT molecular complexity index is 1120. The molecule has 0 fully saturated rings. The lowest BCUT2D eigenvalue weighted by Gasteiger charge is -2.10. The summed E-state index contributed by atoms with van der Waals surface area (Å²) in [4.78, 5) is 4.63. The predicted octanol–water partition coefficient (Wildman–Crippen LogP) is 3.97. The number of rotatable bonds is 4. The van der Waals surface area contributed by atoms with Gasteiger partial charge in [0.15, 0.2) is 17.1 Å². The maximum atomic E-state index is 5.82. The Morgan fingerprint density at radius 1 is 0.852 bits per heavy atom. The highest BCUT2D eigenvalue weighted by Crippen LogP contribution is 2.32. The van der Waals surface area contributed by atoms with Crippen LogP contribution < -0.4 is 15.2 Å². The van der Waals surface area contributed by atoms with Crippen LogP contribution in [0.1, 0.15) is 5.69 Å². The van der Waals surface area contributed by atoms with Crippen LogP contribution in [0.4, 0.5) is 5.69 Å². The van der Waals surface area contributed by atoms with E-state index in [4.69, 9.17) is 20.3 Å². The van der Waals surface area contributed by atoms with Crippen LogP contribution in [0, 0.1) is 6.92 Å². The molecule has 2 aromatic heterocycles. The molecule has 0 aliphatic heterocycles. The lowest BCUT2D eigenvalue weighted by molar-refractivity contribution is 0.355. The first-order valence-corrected chi connectivity index (χ1v) is 8.55. The molecule has 6 heteroatoms. The Hall–Kier alpha value is -3.54. The van der Waals surface area contributed by atoms with Gasteiger partial charge in [0.25, 0.3) is 0 Å². The van der Waals surface area contributed by atoms with E-state index in [1.165, 1.54) is 0 Å². The van der Waals surface area contributed by atoms with E-state index in [2.05, 4.69) is 4.98 Å². The minimum atomic E-state index is 0.664. The van der Waals surface area contributed by atoms with Gasteiger partial charge in [0, 0.05) is 16.8 Å². The lowest BCUT2D eigenvalue weighted by atomic mass is 10.1. The first kappa shape index (κ1) is 16.9. The molecule has 136 valence electrons. The number of nitrogen functional groups attached to an aromatic ring is 1. The minimum absolute atomic E-state index is 0.664. The van der Waals surface area contributed by atoms with Gasteiger partial charge in [-0.3, -0.25) is 0 Å². The SMILES string of the molecule is COc1ccc(-c2ccc3nc(C)c(-c4ccc(N)cc4)n3n2)cc1OC. The van der Waals surface area contributed by atoms with Crippen LogP contribution in [-0.4, -0.2) is 28.8 Å². The number of hydrogen-bond acceptors (Lipinski definition) is 5. The molecule has 27 heavy (non-hydrogen) atoms. The monoisotopic (exact) mass is 360 g/mol. The van der Waals surface area contributed by atoms with Gasteiger partial charge in [0.1, 0.15) is 0 Å². The third-order valence-corrected chi connectivity index (χ3v) is 4.52. The van der Waals surface area contributed by atoms with E-state index in [0.717, 1.165) is 39.5 Å². The summed E-state index contributed by atoms with van der Waals surface area (Å²) in [5.41, 5.74) is 12.0. The van der Waals surface area contributed by atoms with E-state index in [1.54, 1.807) is 14.2 Å². The highest BCUT2D eigenvalue weighted by molar-refractivity contribution is 5.70. The number of aromatic nitrogens is 3. The third-order valence-electron chi connectivity index (χ3n) is 4.52. The van der Waals surface area contributed by atoms with Gasteiger partial charge in [-0.05, 0) is 49.4 Å². The van der Waals surface area contributed by atoms with Gasteiger partial charge in [-0.1, -0.05) is 12.1 Å². The predicted molar refractivity (Wildman–Crippen MR) is 106 cm³/mol. The summed E-state index contributed by atoms with van der Waals surface area (Å²) in [5.74, 6) is 1.35. The smallest absolute Gasteiger partial charge is 0.161 e. The number of nitrogens with zero attached hydrogens (tertiary/aromatic N) is 3. The van der Waals surface area contributed by atoms with Crippen molar-refractivity contribution in [3.8, 4) is 34.0 Å². The summed E-state index contributed by atoms with van der Waals surface area (Å²) < 4.78 is 12.6. The average molecular weight is 360 g/mol. The zero-order valence-electron chi connectivity index (χ0n) is 15.4. The summed E-state index contributed by atoms with van der Waals surface area (Å²) in [5, 5.41) is 4.82. The second-order valence-electron chi connectivity index (χ2n) is 6.23. The van der Waals surface area contributed by atoms with E-state index in [-0.39, 0.29) is 0 Å². The van der Waals surface area contributed by atoms with Gasteiger partial charge < -0.3 is 15.2 Å². The number of anilines is 1. The maximum absolute atomic E-state index is 5.82. The Balaban J connectivity index is 1.87. The fraction of sp³-hybridized carbons (Fsp3) is 0.143. The topological polar surface area (TPSA) is 74.7 Å². The van der Waals surface area contributed by atoms with Crippen LogP contribution in [0.15, 0.2) is 54.6 Å². The van der Waals surface area contributed by atoms with Crippen molar-refractivity contribution in [2.75, 3.05) is 20.0 Å². The summed E-state index contributed by atoms with van der Waals surface area (Å²) in [6.45, 7) is 1.98. The van der Waals surface area contributed by atoms with E-state index < -0.39 is 0 Å². The van der Waals surface area contributed by atoms with Crippen LogP contribution in [-0.2, 0) is 0 Å². The van der Waals surface area contributed by atoms with Crippen molar-refractivity contribution >= 4 is 11.3 Å². The summed E-state index contributed by atoms with van der Waals surface area (Å²) in [6.07, 6.45) is 0. The molecule has 0 radical (unpaired) electrons. The molecule has 0 aliphatic carbocycles. The van der Waals surface area contributed by atoms with Crippen LogP contribution in [0.5, 0.6) is 11.5 Å². The van der Waals surface area contributed by atoms with Gasteiger partial charge in [-0.25, -0.2) is 9.50 Å². The van der Waals surface area contributed by atoms with Crippen molar-refractivity contribution in [2.45, 2.75) is 6.92 Å². The van der Waals surface area contributed by atoms with Gasteiger partial charge in [-0.2, -0.15) is 5.10 Å². The van der Waals surface area contributed by atoms with E-state index >= 15 is 0 Å². The number of imidazole rings is 1. The molecule has 2 N–H and O–H groups in total. The molecular formula is C21H20N4O2. The average Bonchev–Trinajstić information content (AvgIpc) is 3.03. The Labute approximate surface area is 157 Å². The summed E-state index contributed by atoms with van der Waals surface area (Å²) >= 11 is 0. The molecule has 2 aromatic carbocycles. The second kappa shape index (κ2) is 6.64. The normalized spacial score (nSPS) is 10.9. The standard InChI is InChI=1S/C21H20N4O2/c1-13-21(14-4-7-16(22)8-5-14)25-20(23-13)11-9-17(24-25)15-6-10-18(26-2)19(12-15)27-3/h4-12H,22H2,1-3H3. The van der Waals surface area contributed by atoms with Crippen molar-refractivity contribution in [2.24, 2.45) is 0 Å². The molecule has 4 aromatic rings. The zero-order valence-corrected chi connectivity index (χ0v) is 15.4. The number of benzene rings is 2. The molecule has 0 atom stereocenters. The van der Waals surface area contributed by atoms with Crippen LogP contribution >= 0.6 is 0 Å². The van der Waals surface area contributed by atoms with Crippen LogP contribution in [0.2, 0.25) is 0 Å². The summed E-state index contributed by atoms with van der Waals surface area (Å²) in [6, 6.07) is 17.4. The lowest BCUT2D eigenvalue weighted by Crippen LogP contribution is -1.98. The van der Waals surface area contributed by atoms with Crippen molar-refractivity contribution in [1.29, 1.82) is 0 Å². The number of methoxy groups -OCH3 is 2. The molecular weight excluding hydrogens is 340 g/mol. The van der Waals surface area contributed by atoms with Crippen molar-refractivity contribution in [1.82, 2.24) is 14.6 Å². The Kier molecular flexibility index (Phi) is 4.16. The molecule has 2 heterocycles. The molecule has 0 amide bonds. The Morgan fingerprint density at radius 2 is 1.56 bits per heavy atom. The molecule has 4 rings (SSSR count). The highest BCUT2D eigenvalue weighted by Gasteiger charge is 2.14. The van der Waals surface area contributed by atoms with Gasteiger partial charge in [0.2, 0.25) is 0 Å².